The molecule has 2 heterocycles. The maximum absolute atomic E-state index is 12.8. The van der Waals surface area contributed by atoms with Crippen molar-refractivity contribution in [1.29, 1.82) is 0 Å². The highest BCUT2D eigenvalue weighted by atomic mass is 32.1. The van der Waals surface area contributed by atoms with Gasteiger partial charge in [-0.3, -0.25) is 4.79 Å². The van der Waals surface area contributed by atoms with Gasteiger partial charge in [-0.1, -0.05) is 6.07 Å². The van der Waals surface area contributed by atoms with Crippen LogP contribution in [0.3, 0.4) is 0 Å². The van der Waals surface area contributed by atoms with Crippen LogP contribution in [0.4, 0.5) is 5.69 Å². The van der Waals surface area contributed by atoms with Crippen molar-refractivity contribution in [2.24, 2.45) is 5.92 Å². The number of ether oxygens (including phenoxy) is 1. The minimum Gasteiger partial charge on any atom is -0.496 e. The highest BCUT2D eigenvalue weighted by molar-refractivity contribution is 7.21. The summed E-state index contributed by atoms with van der Waals surface area (Å²) in [6, 6.07) is 6.24. The average Bonchev–Trinajstić information content (AvgIpc) is 3.20. The summed E-state index contributed by atoms with van der Waals surface area (Å²) in [6.07, 6.45) is 3.58. The van der Waals surface area contributed by atoms with E-state index in [1.54, 1.807) is 7.11 Å². The van der Waals surface area contributed by atoms with Gasteiger partial charge in [0.1, 0.15) is 10.6 Å². The number of nitrogens with zero attached hydrogens (tertiary/aromatic N) is 1. The average molecular weight is 302 g/mol. The molecule has 2 aromatic rings. The molecule has 5 heteroatoms. The second kappa shape index (κ2) is 4.63. The van der Waals surface area contributed by atoms with Gasteiger partial charge in [0.05, 0.1) is 18.2 Å². The Morgan fingerprint density at radius 2 is 2.29 bits per heavy atom. The van der Waals surface area contributed by atoms with Crippen molar-refractivity contribution in [3.05, 3.63) is 23.1 Å². The number of thiophene rings is 1. The molecule has 2 N–H and O–H groups in total. The molecule has 2 fully saturated rings. The number of methoxy groups -OCH3 is 1. The number of rotatable bonds is 2. The van der Waals surface area contributed by atoms with Crippen LogP contribution in [0, 0.1) is 5.92 Å². The minimum atomic E-state index is 0.1000. The molecule has 2 aliphatic rings. The molecular formula is C16H18N2O2S. The normalized spacial score (nSPS) is 24.0. The molecule has 1 aromatic heterocycles. The molecule has 1 aliphatic carbocycles. The van der Waals surface area contributed by atoms with Crippen LogP contribution in [0.25, 0.3) is 10.1 Å². The Balaban J connectivity index is 1.77. The van der Waals surface area contributed by atoms with Crippen molar-refractivity contribution in [3.8, 4) is 5.75 Å². The first-order valence-electron chi connectivity index (χ1n) is 7.35. The van der Waals surface area contributed by atoms with E-state index in [1.807, 2.05) is 23.1 Å². The van der Waals surface area contributed by atoms with E-state index in [0.717, 1.165) is 28.8 Å². The van der Waals surface area contributed by atoms with Crippen molar-refractivity contribution in [3.63, 3.8) is 0 Å². The first kappa shape index (κ1) is 13.0. The Hall–Kier alpha value is -1.75. The fraction of sp³-hybridized carbons (Fsp3) is 0.438. The van der Waals surface area contributed by atoms with Gasteiger partial charge in [0.15, 0.2) is 0 Å². The maximum atomic E-state index is 12.8. The van der Waals surface area contributed by atoms with Crippen LogP contribution in [0.2, 0.25) is 0 Å². The van der Waals surface area contributed by atoms with E-state index in [-0.39, 0.29) is 5.91 Å². The molecule has 2 bridgehead atoms. The summed E-state index contributed by atoms with van der Waals surface area (Å²) in [5.74, 6) is 1.54. The summed E-state index contributed by atoms with van der Waals surface area (Å²) in [4.78, 5) is 15.5. The summed E-state index contributed by atoms with van der Waals surface area (Å²) in [5.41, 5.74) is 6.83. The third kappa shape index (κ3) is 1.83. The van der Waals surface area contributed by atoms with Crippen LogP contribution in [-0.2, 0) is 0 Å². The first-order valence-corrected chi connectivity index (χ1v) is 8.16. The highest BCUT2D eigenvalue weighted by Crippen LogP contribution is 2.43. The lowest BCUT2D eigenvalue weighted by molar-refractivity contribution is 0.0709. The minimum absolute atomic E-state index is 0.1000. The van der Waals surface area contributed by atoms with Gasteiger partial charge < -0.3 is 15.4 Å². The number of amides is 1. The zero-order valence-electron chi connectivity index (χ0n) is 12.0. The van der Waals surface area contributed by atoms with Crippen LogP contribution >= 0.6 is 11.3 Å². The van der Waals surface area contributed by atoms with Gasteiger partial charge in [-0.15, -0.1) is 11.3 Å². The number of piperidine rings is 1. The Morgan fingerprint density at radius 3 is 2.95 bits per heavy atom. The van der Waals surface area contributed by atoms with Crippen molar-refractivity contribution in [2.75, 3.05) is 19.4 Å². The molecule has 1 aliphatic heterocycles. The lowest BCUT2D eigenvalue weighted by atomic mass is 10.1. The molecule has 1 saturated carbocycles. The third-order valence-electron chi connectivity index (χ3n) is 4.80. The molecule has 0 radical (unpaired) electrons. The quantitative estimate of drug-likeness (QED) is 0.927. The largest absolute Gasteiger partial charge is 0.496 e. The molecule has 1 saturated heterocycles. The number of carbonyl (C=O) groups excluding carboxylic acids is 1. The van der Waals surface area contributed by atoms with Crippen LogP contribution in [-0.4, -0.2) is 30.5 Å². The Bertz CT molecular complexity index is 724. The molecule has 21 heavy (non-hydrogen) atoms. The molecule has 0 spiro atoms. The van der Waals surface area contributed by atoms with Crippen LogP contribution < -0.4 is 10.5 Å². The molecule has 4 rings (SSSR count). The lowest BCUT2D eigenvalue weighted by Gasteiger charge is -2.26. The van der Waals surface area contributed by atoms with E-state index in [4.69, 9.17) is 10.5 Å². The maximum Gasteiger partial charge on any atom is 0.266 e. The zero-order valence-corrected chi connectivity index (χ0v) is 12.8. The summed E-state index contributed by atoms with van der Waals surface area (Å²) < 4.78 is 6.39. The number of likely N-dealkylation sites (tertiary alicyclic amines) is 1. The van der Waals surface area contributed by atoms with Gasteiger partial charge in [-0.2, -0.15) is 0 Å². The number of carbonyl (C=O) groups is 1. The number of fused-ring (bicyclic) bond motifs is 3. The molecule has 2 unspecified atom stereocenters. The van der Waals surface area contributed by atoms with Gasteiger partial charge in [0.25, 0.3) is 5.91 Å². The molecule has 1 amide bonds. The number of hydrogen-bond donors (Lipinski definition) is 1. The van der Waals surface area contributed by atoms with Crippen LogP contribution in [0.5, 0.6) is 5.75 Å². The monoisotopic (exact) mass is 302 g/mol. The molecule has 110 valence electrons. The van der Waals surface area contributed by atoms with Gasteiger partial charge >= 0.3 is 0 Å². The Morgan fingerprint density at radius 1 is 1.43 bits per heavy atom. The van der Waals surface area contributed by atoms with Crippen LogP contribution in [0.1, 0.15) is 28.9 Å². The van der Waals surface area contributed by atoms with E-state index in [1.165, 1.54) is 24.2 Å². The molecular weight excluding hydrogens is 284 g/mol. The number of anilines is 1. The second-order valence-corrected chi connectivity index (χ2v) is 7.02. The highest BCUT2D eigenvalue weighted by Gasteiger charge is 2.41. The fourth-order valence-electron chi connectivity index (χ4n) is 3.77. The number of nitrogens with two attached hydrogens (primary N) is 1. The Labute approximate surface area is 127 Å². The summed E-state index contributed by atoms with van der Waals surface area (Å²) in [5, 5.41) is 0.873. The Kier molecular flexibility index (Phi) is 2.85. The van der Waals surface area contributed by atoms with Gasteiger partial charge in [-0.25, -0.2) is 0 Å². The zero-order chi connectivity index (χ0) is 14.6. The van der Waals surface area contributed by atoms with E-state index in [2.05, 4.69) is 0 Å². The van der Waals surface area contributed by atoms with Crippen molar-refractivity contribution in [1.82, 2.24) is 4.90 Å². The summed E-state index contributed by atoms with van der Waals surface area (Å²) >= 11 is 1.48. The summed E-state index contributed by atoms with van der Waals surface area (Å²) in [6.45, 7) is 0.897. The predicted molar refractivity (Wildman–Crippen MR) is 85.0 cm³/mol. The van der Waals surface area contributed by atoms with E-state index in [0.29, 0.717) is 22.5 Å². The fourth-order valence-corrected chi connectivity index (χ4v) is 4.87. The molecule has 4 nitrogen and oxygen atoms in total. The number of benzene rings is 1. The smallest absolute Gasteiger partial charge is 0.266 e. The van der Waals surface area contributed by atoms with Crippen LogP contribution in [0.15, 0.2) is 18.2 Å². The SMILES string of the molecule is COc1cccc2sc(C(=O)N3CC4CCC3C4)c(N)c12. The van der Waals surface area contributed by atoms with E-state index >= 15 is 0 Å². The summed E-state index contributed by atoms with van der Waals surface area (Å²) in [7, 11) is 1.63. The lowest BCUT2D eigenvalue weighted by Crippen LogP contribution is -2.37. The third-order valence-corrected chi connectivity index (χ3v) is 5.96. The van der Waals surface area contributed by atoms with Gasteiger partial charge in [0.2, 0.25) is 0 Å². The number of nitrogen functional groups attached to an aromatic ring is 1. The van der Waals surface area contributed by atoms with Gasteiger partial charge in [-0.05, 0) is 37.3 Å². The standard InChI is InChI=1S/C16H18N2O2S/c1-20-11-3-2-4-12-13(11)14(17)15(21-12)16(19)18-8-9-5-6-10(18)7-9/h2-4,9-10H,5-8,17H2,1H3. The van der Waals surface area contributed by atoms with Crippen molar-refractivity contribution in [2.45, 2.75) is 25.3 Å². The predicted octanol–water partition coefficient (Wildman–Crippen LogP) is 3.12. The van der Waals surface area contributed by atoms with Gasteiger partial charge in [0, 0.05) is 17.3 Å². The first-order chi connectivity index (χ1) is 10.2. The molecule has 1 aromatic carbocycles. The second-order valence-electron chi connectivity index (χ2n) is 5.97. The van der Waals surface area contributed by atoms with E-state index < -0.39 is 0 Å². The number of hydrogen-bond acceptors (Lipinski definition) is 4. The van der Waals surface area contributed by atoms with Crippen molar-refractivity contribution < 1.29 is 9.53 Å². The van der Waals surface area contributed by atoms with Crippen molar-refractivity contribution >= 4 is 33.0 Å². The van der Waals surface area contributed by atoms with E-state index in [9.17, 15) is 4.79 Å². The topological polar surface area (TPSA) is 55.6 Å². The molecule has 2 atom stereocenters.